The molecule has 1 saturated heterocycles. The van der Waals surface area contributed by atoms with Crippen LogP contribution in [0.2, 0.25) is 5.02 Å². The quantitative estimate of drug-likeness (QED) is 0.784. The molecule has 4 heteroatoms. The summed E-state index contributed by atoms with van der Waals surface area (Å²) >= 11 is 6.16. The lowest BCUT2D eigenvalue weighted by Crippen LogP contribution is -2.35. The Morgan fingerprint density at radius 3 is 2.65 bits per heavy atom. The van der Waals surface area contributed by atoms with E-state index in [-0.39, 0.29) is 12.4 Å². The van der Waals surface area contributed by atoms with Gasteiger partial charge >= 0.3 is 0 Å². The average molecular weight is 352 g/mol. The lowest BCUT2D eigenvalue weighted by molar-refractivity contribution is 0.269. The molecule has 0 spiro atoms. The van der Waals surface area contributed by atoms with Gasteiger partial charge in [-0.3, -0.25) is 0 Å². The fourth-order valence-corrected chi connectivity index (χ4v) is 3.13. The highest BCUT2D eigenvalue weighted by molar-refractivity contribution is 6.31. The van der Waals surface area contributed by atoms with E-state index in [1.54, 1.807) is 0 Å². The molecule has 0 aromatic heterocycles. The van der Waals surface area contributed by atoms with Crippen LogP contribution in [-0.4, -0.2) is 19.2 Å². The molecule has 2 nitrogen and oxygen atoms in total. The van der Waals surface area contributed by atoms with Crippen LogP contribution in [-0.2, 0) is 0 Å². The lowest BCUT2D eigenvalue weighted by Gasteiger charge is -2.23. The van der Waals surface area contributed by atoms with Gasteiger partial charge in [-0.15, -0.1) is 12.4 Å². The van der Waals surface area contributed by atoms with Crippen molar-refractivity contribution in [2.24, 2.45) is 0 Å². The highest BCUT2D eigenvalue weighted by Crippen LogP contribution is 2.32. The van der Waals surface area contributed by atoms with Gasteiger partial charge in [-0.2, -0.15) is 0 Å². The van der Waals surface area contributed by atoms with Crippen LogP contribution in [0.5, 0.6) is 5.75 Å². The van der Waals surface area contributed by atoms with Gasteiger partial charge in [0.2, 0.25) is 0 Å². The molecule has 1 aliphatic heterocycles. The van der Waals surface area contributed by atoms with E-state index in [0.29, 0.717) is 6.04 Å². The fourth-order valence-electron chi connectivity index (χ4n) is 2.95. The number of nitrogens with one attached hydrogen (secondary N) is 1. The molecule has 0 amide bonds. The van der Waals surface area contributed by atoms with E-state index in [1.807, 2.05) is 36.4 Å². The third kappa shape index (κ3) is 5.13. The molecule has 1 aliphatic rings. The summed E-state index contributed by atoms with van der Waals surface area (Å²) in [6.07, 6.45) is 4.94. The van der Waals surface area contributed by atoms with E-state index < -0.39 is 0 Å². The van der Waals surface area contributed by atoms with E-state index in [0.717, 1.165) is 41.5 Å². The molecular formula is C19H23Cl2NO. The summed E-state index contributed by atoms with van der Waals surface area (Å²) in [6, 6.07) is 16.7. The molecule has 0 radical (unpaired) electrons. The zero-order valence-electron chi connectivity index (χ0n) is 13.1. The number of hydrogen-bond donors (Lipinski definition) is 1. The lowest BCUT2D eigenvalue weighted by atomic mass is 10.0. The molecule has 124 valence electrons. The molecule has 1 fully saturated rings. The van der Waals surface area contributed by atoms with Crippen LogP contribution in [0, 0.1) is 0 Å². The first-order chi connectivity index (χ1) is 10.8. The summed E-state index contributed by atoms with van der Waals surface area (Å²) < 4.78 is 6.05. The van der Waals surface area contributed by atoms with E-state index in [9.17, 15) is 0 Å². The van der Waals surface area contributed by atoms with E-state index in [1.165, 1.54) is 19.3 Å². The predicted octanol–water partition coefficient (Wildman–Crippen LogP) is 5.34. The topological polar surface area (TPSA) is 21.3 Å². The van der Waals surface area contributed by atoms with Gasteiger partial charge in [-0.05, 0) is 49.6 Å². The smallest absolute Gasteiger partial charge is 0.127 e. The molecule has 2 aromatic carbocycles. The van der Waals surface area contributed by atoms with Crippen molar-refractivity contribution in [2.75, 3.05) is 13.2 Å². The van der Waals surface area contributed by atoms with Crippen LogP contribution in [0.3, 0.4) is 0 Å². The first-order valence-electron chi connectivity index (χ1n) is 8.04. The Morgan fingerprint density at radius 2 is 1.91 bits per heavy atom. The minimum absolute atomic E-state index is 0. The molecule has 23 heavy (non-hydrogen) atoms. The summed E-state index contributed by atoms with van der Waals surface area (Å²) in [5, 5.41) is 4.30. The molecule has 0 aliphatic carbocycles. The zero-order chi connectivity index (χ0) is 15.2. The normalized spacial score (nSPS) is 17.3. The van der Waals surface area contributed by atoms with Crippen molar-refractivity contribution in [3.63, 3.8) is 0 Å². The molecule has 1 unspecified atom stereocenters. The largest absolute Gasteiger partial charge is 0.493 e. The first kappa shape index (κ1) is 18.1. The number of benzene rings is 2. The zero-order valence-corrected chi connectivity index (χ0v) is 14.7. The third-order valence-corrected chi connectivity index (χ3v) is 4.40. The summed E-state index contributed by atoms with van der Waals surface area (Å²) in [7, 11) is 0. The Morgan fingerprint density at radius 1 is 1.09 bits per heavy atom. The molecule has 1 N–H and O–H groups in total. The van der Waals surface area contributed by atoms with Crippen molar-refractivity contribution in [3.8, 4) is 16.9 Å². The molecule has 0 bridgehead atoms. The standard InChI is InChI=1S/C19H22ClNO.ClH/c20-16-9-10-19(18(14-16)15-6-2-1-3-7-15)22-13-11-17-8-4-5-12-21-17;/h1-3,6-7,9-10,14,17,21H,4-5,8,11-13H2;1H. The minimum atomic E-state index is 0. The Bertz CT molecular complexity index is 598. The van der Waals surface area contributed by atoms with Crippen LogP contribution in [0.15, 0.2) is 48.5 Å². The monoisotopic (exact) mass is 351 g/mol. The van der Waals surface area contributed by atoms with Gasteiger partial charge in [0.05, 0.1) is 6.61 Å². The highest BCUT2D eigenvalue weighted by atomic mass is 35.5. The molecular weight excluding hydrogens is 329 g/mol. The van der Waals surface area contributed by atoms with Gasteiger partial charge < -0.3 is 10.1 Å². The van der Waals surface area contributed by atoms with E-state index in [4.69, 9.17) is 16.3 Å². The molecule has 3 rings (SSSR count). The SMILES string of the molecule is Cl.Clc1ccc(OCCC2CCCCN2)c(-c2ccccc2)c1. The number of ether oxygens (including phenoxy) is 1. The second kappa shape index (κ2) is 9.17. The summed E-state index contributed by atoms with van der Waals surface area (Å²) in [5.74, 6) is 0.909. The van der Waals surface area contributed by atoms with Crippen molar-refractivity contribution >= 4 is 24.0 Å². The van der Waals surface area contributed by atoms with Crippen molar-refractivity contribution in [2.45, 2.75) is 31.7 Å². The van der Waals surface area contributed by atoms with Crippen molar-refractivity contribution < 1.29 is 4.74 Å². The second-order valence-electron chi connectivity index (χ2n) is 5.79. The maximum atomic E-state index is 6.16. The molecule has 1 heterocycles. The van der Waals surface area contributed by atoms with Gasteiger partial charge in [0.25, 0.3) is 0 Å². The first-order valence-corrected chi connectivity index (χ1v) is 8.42. The summed E-state index contributed by atoms with van der Waals surface area (Å²) in [5.41, 5.74) is 2.19. The van der Waals surface area contributed by atoms with Gasteiger partial charge in [0.1, 0.15) is 5.75 Å². The number of halogens is 2. The number of rotatable bonds is 5. The number of piperidine rings is 1. The fraction of sp³-hybridized carbons (Fsp3) is 0.368. The summed E-state index contributed by atoms with van der Waals surface area (Å²) in [4.78, 5) is 0. The molecule has 0 saturated carbocycles. The van der Waals surface area contributed by atoms with Crippen molar-refractivity contribution in [1.82, 2.24) is 5.32 Å². The van der Waals surface area contributed by atoms with Gasteiger partial charge in [-0.1, -0.05) is 48.4 Å². The van der Waals surface area contributed by atoms with Crippen LogP contribution >= 0.6 is 24.0 Å². The minimum Gasteiger partial charge on any atom is -0.493 e. The van der Waals surface area contributed by atoms with Crippen molar-refractivity contribution in [1.29, 1.82) is 0 Å². The molecule has 1 atom stereocenters. The van der Waals surface area contributed by atoms with Crippen LogP contribution in [0.1, 0.15) is 25.7 Å². The number of hydrogen-bond acceptors (Lipinski definition) is 2. The van der Waals surface area contributed by atoms with Gasteiger partial charge in [0.15, 0.2) is 0 Å². The Balaban J connectivity index is 0.00000192. The van der Waals surface area contributed by atoms with Gasteiger partial charge in [-0.25, -0.2) is 0 Å². The highest BCUT2D eigenvalue weighted by Gasteiger charge is 2.13. The third-order valence-electron chi connectivity index (χ3n) is 4.16. The van der Waals surface area contributed by atoms with Crippen molar-refractivity contribution in [3.05, 3.63) is 53.6 Å². The van der Waals surface area contributed by atoms with Gasteiger partial charge in [0, 0.05) is 16.6 Å². The van der Waals surface area contributed by atoms with Crippen LogP contribution in [0.25, 0.3) is 11.1 Å². The summed E-state index contributed by atoms with van der Waals surface area (Å²) in [6.45, 7) is 1.88. The Hall–Kier alpha value is -1.22. The second-order valence-corrected chi connectivity index (χ2v) is 6.23. The molecule has 2 aromatic rings. The predicted molar refractivity (Wildman–Crippen MR) is 99.9 cm³/mol. The average Bonchev–Trinajstić information content (AvgIpc) is 2.58. The Kier molecular flexibility index (Phi) is 7.22. The maximum absolute atomic E-state index is 6.16. The van der Waals surface area contributed by atoms with E-state index in [2.05, 4.69) is 17.4 Å². The van der Waals surface area contributed by atoms with E-state index >= 15 is 0 Å². The van der Waals surface area contributed by atoms with Crippen LogP contribution in [0.4, 0.5) is 0 Å². The maximum Gasteiger partial charge on any atom is 0.127 e. The van der Waals surface area contributed by atoms with Crippen LogP contribution < -0.4 is 10.1 Å². The Labute approximate surface area is 149 Å².